The third-order valence-corrected chi connectivity index (χ3v) is 6.69. The van der Waals surface area contributed by atoms with Crippen molar-refractivity contribution in [2.75, 3.05) is 13.1 Å². The summed E-state index contributed by atoms with van der Waals surface area (Å²) in [6.07, 6.45) is 0. The quantitative estimate of drug-likeness (QED) is 0.811. The largest absolute Gasteiger partial charge is 0.282 e. The molecule has 0 N–H and O–H groups in total. The third-order valence-electron chi connectivity index (χ3n) is 4.72. The maximum absolute atomic E-state index is 13.3. The van der Waals surface area contributed by atoms with Crippen LogP contribution in [0, 0.1) is 17.2 Å². The number of hydrogen-bond donors (Lipinski definition) is 0. The molecule has 0 aliphatic carbocycles. The summed E-state index contributed by atoms with van der Waals surface area (Å²) in [6, 6.07) is 18.0. The van der Waals surface area contributed by atoms with Gasteiger partial charge in [-0.2, -0.15) is 22.3 Å². The van der Waals surface area contributed by atoms with Crippen molar-refractivity contribution in [1.29, 1.82) is 5.26 Å². The predicted octanol–water partition coefficient (Wildman–Crippen LogP) is 3.40. The van der Waals surface area contributed by atoms with Crippen molar-refractivity contribution in [1.82, 2.24) is 8.61 Å². The zero-order chi connectivity index (χ0) is 18.7. The van der Waals surface area contributed by atoms with E-state index in [1.54, 1.807) is 13.8 Å². The van der Waals surface area contributed by atoms with Crippen LogP contribution in [0.25, 0.3) is 11.1 Å². The van der Waals surface area contributed by atoms with Crippen LogP contribution in [0.4, 0.5) is 0 Å². The Labute approximate surface area is 155 Å². The maximum Gasteiger partial charge on any atom is 0.282 e. The minimum absolute atomic E-state index is 0.203. The van der Waals surface area contributed by atoms with Gasteiger partial charge in [-0.3, -0.25) is 0 Å². The molecule has 26 heavy (non-hydrogen) atoms. The van der Waals surface area contributed by atoms with E-state index in [1.165, 1.54) is 8.61 Å². The Morgan fingerprint density at radius 1 is 1.08 bits per heavy atom. The van der Waals surface area contributed by atoms with Crippen molar-refractivity contribution < 1.29 is 8.42 Å². The molecule has 0 radical (unpaired) electrons. The molecule has 1 aliphatic heterocycles. The second kappa shape index (κ2) is 7.58. The highest BCUT2D eigenvalue weighted by Crippen LogP contribution is 2.33. The number of hydrogen-bond acceptors (Lipinski definition) is 3. The second-order valence-electron chi connectivity index (χ2n) is 6.57. The first-order chi connectivity index (χ1) is 12.5. The first-order valence-corrected chi connectivity index (χ1v) is 10.2. The summed E-state index contributed by atoms with van der Waals surface area (Å²) < 4.78 is 29.5. The van der Waals surface area contributed by atoms with Gasteiger partial charge in [-0.15, -0.1) is 0 Å². The molecule has 2 aromatic carbocycles. The van der Waals surface area contributed by atoms with E-state index in [-0.39, 0.29) is 12.5 Å². The van der Waals surface area contributed by atoms with E-state index in [4.69, 9.17) is 5.26 Å². The van der Waals surface area contributed by atoms with Crippen LogP contribution in [0.2, 0.25) is 0 Å². The number of rotatable bonds is 5. The minimum atomic E-state index is -3.67. The Morgan fingerprint density at radius 2 is 1.58 bits per heavy atom. The number of benzene rings is 2. The highest BCUT2D eigenvalue weighted by molar-refractivity contribution is 7.86. The number of nitrogens with zero attached hydrogens (tertiary/aromatic N) is 3. The lowest BCUT2D eigenvalue weighted by atomic mass is 9.97. The van der Waals surface area contributed by atoms with Crippen molar-refractivity contribution in [3.63, 3.8) is 0 Å². The van der Waals surface area contributed by atoms with E-state index in [1.807, 2.05) is 48.5 Å². The highest BCUT2D eigenvalue weighted by atomic mass is 32.2. The van der Waals surface area contributed by atoms with Crippen molar-refractivity contribution >= 4 is 10.2 Å². The van der Waals surface area contributed by atoms with Crippen LogP contribution in [0.1, 0.15) is 25.0 Å². The van der Waals surface area contributed by atoms with Crippen LogP contribution in [0.15, 0.2) is 48.5 Å². The molecule has 136 valence electrons. The molecule has 1 aliphatic rings. The van der Waals surface area contributed by atoms with Gasteiger partial charge >= 0.3 is 0 Å². The van der Waals surface area contributed by atoms with E-state index in [9.17, 15) is 8.42 Å². The molecule has 1 atom stereocenters. The van der Waals surface area contributed by atoms with Crippen molar-refractivity contribution in [3.8, 4) is 17.2 Å². The molecule has 1 heterocycles. The van der Waals surface area contributed by atoms with Crippen LogP contribution in [-0.2, 0) is 23.3 Å². The van der Waals surface area contributed by atoms with Gasteiger partial charge in [0.25, 0.3) is 10.2 Å². The normalized spacial score (nSPS) is 15.6. The Balaban J connectivity index is 2.03. The molecule has 5 nitrogen and oxygen atoms in total. The first-order valence-electron chi connectivity index (χ1n) is 8.78. The Bertz CT molecular complexity index is 887. The van der Waals surface area contributed by atoms with Crippen LogP contribution >= 0.6 is 0 Å². The van der Waals surface area contributed by atoms with Gasteiger partial charge in [-0.05, 0) is 29.2 Å². The summed E-state index contributed by atoms with van der Waals surface area (Å²) in [5, 5.41) is 9.08. The number of fused-ring (bicyclic) bond motifs is 3. The summed E-state index contributed by atoms with van der Waals surface area (Å²) in [7, 11) is -3.67. The van der Waals surface area contributed by atoms with Gasteiger partial charge in [0, 0.05) is 26.2 Å². The van der Waals surface area contributed by atoms with Gasteiger partial charge in [-0.25, -0.2) is 0 Å². The molecule has 2 aromatic rings. The molecule has 0 fully saturated rings. The van der Waals surface area contributed by atoms with E-state index in [0.717, 1.165) is 22.3 Å². The third kappa shape index (κ3) is 3.51. The number of nitriles is 1. The summed E-state index contributed by atoms with van der Waals surface area (Å²) in [4.78, 5) is 0. The minimum Gasteiger partial charge on any atom is -0.198 e. The van der Waals surface area contributed by atoms with E-state index < -0.39 is 10.2 Å². The Morgan fingerprint density at radius 3 is 2.04 bits per heavy atom. The fourth-order valence-corrected chi connectivity index (χ4v) is 5.01. The van der Waals surface area contributed by atoms with E-state index in [0.29, 0.717) is 19.6 Å². The van der Waals surface area contributed by atoms with Gasteiger partial charge in [0.1, 0.15) is 0 Å². The summed E-state index contributed by atoms with van der Waals surface area (Å²) >= 11 is 0. The molecule has 6 heteroatoms. The topological polar surface area (TPSA) is 64.4 Å². The predicted molar refractivity (Wildman–Crippen MR) is 102 cm³/mol. The molecule has 1 unspecified atom stereocenters. The molecule has 0 spiro atoms. The van der Waals surface area contributed by atoms with Gasteiger partial charge in [0.15, 0.2) is 0 Å². The SMILES string of the molecule is CCN(CC(C)C#N)S(=O)(=O)N1Cc2ccccc2-c2ccccc2C1. The average molecular weight is 369 g/mol. The standard InChI is InChI=1S/C20H23N3O2S/c1-3-22(13-16(2)12-21)26(24,25)23-14-17-8-4-6-10-19(17)20-11-7-5-9-18(20)15-23/h4-11,16H,3,13-15H2,1-2H3. The summed E-state index contributed by atoms with van der Waals surface area (Å²) in [6.45, 7) is 4.74. The summed E-state index contributed by atoms with van der Waals surface area (Å²) in [5.74, 6) is -0.351. The van der Waals surface area contributed by atoms with Gasteiger partial charge in [0.2, 0.25) is 0 Å². The lowest BCUT2D eigenvalue weighted by Gasteiger charge is -2.29. The molecule has 0 saturated carbocycles. The molecular weight excluding hydrogens is 346 g/mol. The van der Waals surface area contributed by atoms with Gasteiger partial charge in [0.05, 0.1) is 12.0 Å². The Hall–Kier alpha value is -2.20. The Kier molecular flexibility index (Phi) is 5.42. The highest BCUT2D eigenvalue weighted by Gasteiger charge is 2.32. The molecule has 0 aromatic heterocycles. The average Bonchev–Trinajstić information content (AvgIpc) is 2.83. The zero-order valence-corrected chi connectivity index (χ0v) is 15.9. The molecular formula is C20H23N3O2S. The van der Waals surface area contributed by atoms with Crippen molar-refractivity contribution in [2.45, 2.75) is 26.9 Å². The monoisotopic (exact) mass is 369 g/mol. The van der Waals surface area contributed by atoms with Gasteiger partial charge < -0.3 is 0 Å². The lowest BCUT2D eigenvalue weighted by Crippen LogP contribution is -2.44. The molecule has 0 saturated heterocycles. The fraction of sp³-hybridized carbons (Fsp3) is 0.350. The van der Waals surface area contributed by atoms with Crippen LogP contribution in [0.3, 0.4) is 0 Å². The first kappa shape index (κ1) is 18.6. The van der Waals surface area contributed by atoms with Crippen molar-refractivity contribution in [2.24, 2.45) is 5.92 Å². The van der Waals surface area contributed by atoms with Crippen molar-refractivity contribution in [3.05, 3.63) is 59.7 Å². The second-order valence-corrected chi connectivity index (χ2v) is 8.50. The summed E-state index contributed by atoms with van der Waals surface area (Å²) in [5.41, 5.74) is 4.14. The smallest absolute Gasteiger partial charge is 0.198 e. The van der Waals surface area contributed by atoms with Gasteiger partial charge in [-0.1, -0.05) is 55.5 Å². The van der Waals surface area contributed by atoms with E-state index >= 15 is 0 Å². The van der Waals surface area contributed by atoms with E-state index in [2.05, 4.69) is 6.07 Å². The maximum atomic E-state index is 13.3. The van der Waals surface area contributed by atoms with Crippen LogP contribution in [-0.4, -0.2) is 30.1 Å². The molecule has 3 rings (SSSR count). The van der Waals surface area contributed by atoms with Crippen LogP contribution < -0.4 is 0 Å². The lowest BCUT2D eigenvalue weighted by molar-refractivity contribution is 0.324. The fourth-order valence-electron chi connectivity index (χ4n) is 3.34. The molecule has 0 amide bonds. The molecule has 0 bridgehead atoms. The zero-order valence-electron chi connectivity index (χ0n) is 15.1. The van der Waals surface area contributed by atoms with Crippen LogP contribution in [0.5, 0.6) is 0 Å².